The Hall–Kier alpha value is -1.39. The molecule has 0 aliphatic rings. The Balaban J connectivity index is 2.19. The summed E-state index contributed by atoms with van der Waals surface area (Å²) in [6.07, 6.45) is 2.39. The van der Waals surface area contributed by atoms with Gasteiger partial charge in [0, 0.05) is 24.0 Å². The molecule has 1 unspecified atom stereocenters. The number of nitrogens with zero attached hydrogens (tertiary/aromatic N) is 3. The van der Waals surface area contributed by atoms with E-state index >= 15 is 0 Å². The molecule has 20 heavy (non-hydrogen) atoms. The maximum Gasteiger partial charge on any atom is 0.138 e. The fourth-order valence-corrected chi connectivity index (χ4v) is 2.52. The Morgan fingerprint density at radius 2 is 2.05 bits per heavy atom. The number of hydrogen-bond donors (Lipinski definition) is 1. The molecule has 0 spiro atoms. The van der Waals surface area contributed by atoms with Crippen molar-refractivity contribution in [1.82, 2.24) is 20.1 Å². The van der Waals surface area contributed by atoms with Gasteiger partial charge in [0.05, 0.1) is 0 Å². The number of benzene rings is 1. The molecular formula is C15H21ClN4. The maximum atomic E-state index is 6.28. The molecule has 1 heterocycles. The molecule has 0 radical (unpaired) electrons. The van der Waals surface area contributed by atoms with Gasteiger partial charge in [-0.15, -0.1) is 0 Å². The van der Waals surface area contributed by atoms with Crippen LogP contribution in [0.25, 0.3) is 0 Å². The van der Waals surface area contributed by atoms with Crippen molar-refractivity contribution in [3.63, 3.8) is 0 Å². The fourth-order valence-electron chi connectivity index (χ4n) is 2.25. The van der Waals surface area contributed by atoms with Crippen LogP contribution >= 0.6 is 11.6 Å². The number of halogens is 1. The molecule has 0 aliphatic carbocycles. The van der Waals surface area contributed by atoms with Crippen LogP contribution in [0.2, 0.25) is 5.02 Å². The summed E-state index contributed by atoms with van der Waals surface area (Å²) in [5, 5.41) is 8.40. The molecule has 1 aromatic carbocycles. The van der Waals surface area contributed by atoms with Gasteiger partial charge in [0.2, 0.25) is 0 Å². The van der Waals surface area contributed by atoms with Crippen LogP contribution < -0.4 is 5.32 Å². The fraction of sp³-hybridized carbons (Fsp3) is 0.467. The number of likely N-dealkylation sites (N-methyl/N-ethyl adjacent to an activating group) is 1. The van der Waals surface area contributed by atoms with Gasteiger partial charge >= 0.3 is 0 Å². The van der Waals surface area contributed by atoms with Gasteiger partial charge in [-0.3, -0.25) is 0 Å². The van der Waals surface area contributed by atoms with E-state index in [1.54, 1.807) is 6.33 Å². The summed E-state index contributed by atoms with van der Waals surface area (Å²) in [6, 6.07) is 8.05. The molecule has 1 atom stereocenters. The van der Waals surface area contributed by atoms with Crippen LogP contribution in [0.3, 0.4) is 0 Å². The van der Waals surface area contributed by atoms with Gasteiger partial charge in [-0.1, -0.05) is 43.6 Å². The molecule has 108 valence electrons. The van der Waals surface area contributed by atoms with Crippen molar-refractivity contribution in [3.05, 3.63) is 47.0 Å². The van der Waals surface area contributed by atoms with Gasteiger partial charge in [0.25, 0.3) is 0 Å². The number of nitrogens with one attached hydrogen (secondary N) is 1. The minimum Gasteiger partial charge on any atom is -0.313 e. The summed E-state index contributed by atoms with van der Waals surface area (Å²) < 4.78 is 1.98. The summed E-state index contributed by atoms with van der Waals surface area (Å²) in [5.41, 5.74) is 1.09. The standard InChI is InChI=1S/C15H21ClN4/c1-11(2)9-20-15(18-10-19-20)8-14(17-3)12-6-4-5-7-13(12)16/h4-7,10-11,14,17H,8-9H2,1-3H3. The van der Waals surface area contributed by atoms with Crippen molar-refractivity contribution in [2.75, 3.05) is 7.05 Å². The molecule has 5 heteroatoms. The lowest BCUT2D eigenvalue weighted by Gasteiger charge is -2.18. The van der Waals surface area contributed by atoms with Gasteiger partial charge in [-0.25, -0.2) is 9.67 Å². The van der Waals surface area contributed by atoms with E-state index in [1.165, 1.54) is 0 Å². The zero-order chi connectivity index (χ0) is 14.5. The molecule has 0 saturated carbocycles. The SMILES string of the molecule is CNC(Cc1ncnn1CC(C)C)c1ccccc1Cl. The molecule has 0 bridgehead atoms. The van der Waals surface area contributed by atoms with Crippen LogP contribution in [0, 0.1) is 5.92 Å². The first-order valence-corrected chi connectivity index (χ1v) is 7.28. The molecule has 0 saturated heterocycles. The molecular weight excluding hydrogens is 272 g/mol. The number of hydrogen-bond acceptors (Lipinski definition) is 3. The topological polar surface area (TPSA) is 42.7 Å². The molecule has 0 aliphatic heterocycles. The Bertz CT molecular complexity index is 550. The molecule has 2 rings (SSSR count). The van der Waals surface area contributed by atoms with Crippen LogP contribution in [0.1, 0.15) is 31.3 Å². The predicted octanol–water partition coefficient (Wildman–Crippen LogP) is 3.09. The second-order valence-corrected chi connectivity index (χ2v) is 5.73. The number of aromatic nitrogens is 3. The van der Waals surface area contributed by atoms with Crippen LogP contribution in [-0.2, 0) is 13.0 Å². The molecule has 2 aromatic rings. The zero-order valence-electron chi connectivity index (χ0n) is 12.2. The van der Waals surface area contributed by atoms with Crippen LogP contribution in [0.4, 0.5) is 0 Å². The van der Waals surface area contributed by atoms with Gasteiger partial charge < -0.3 is 5.32 Å². The third kappa shape index (κ3) is 3.58. The third-order valence-electron chi connectivity index (χ3n) is 3.25. The summed E-state index contributed by atoms with van der Waals surface area (Å²) in [4.78, 5) is 4.38. The van der Waals surface area contributed by atoms with Crippen molar-refractivity contribution in [1.29, 1.82) is 0 Å². The first-order chi connectivity index (χ1) is 9.61. The van der Waals surface area contributed by atoms with E-state index in [-0.39, 0.29) is 6.04 Å². The molecule has 4 nitrogen and oxygen atoms in total. The Morgan fingerprint density at radius 3 is 2.70 bits per heavy atom. The number of rotatable bonds is 6. The molecule has 0 fully saturated rings. The summed E-state index contributed by atoms with van der Waals surface area (Å²) in [7, 11) is 1.94. The van der Waals surface area contributed by atoms with E-state index in [4.69, 9.17) is 11.6 Å². The summed E-state index contributed by atoms with van der Waals surface area (Å²) in [6.45, 7) is 5.23. The highest BCUT2D eigenvalue weighted by molar-refractivity contribution is 6.31. The van der Waals surface area contributed by atoms with Gasteiger partial charge in [-0.2, -0.15) is 5.10 Å². The van der Waals surface area contributed by atoms with Crippen molar-refractivity contribution in [2.45, 2.75) is 32.9 Å². The summed E-state index contributed by atoms with van der Waals surface area (Å²) >= 11 is 6.28. The smallest absolute Gasteiger partial charge is 0.138 e. The molecule has 0 amide bonds. The van der Waals surface area contributed by atoms with E-state index in [0.717, 1.165) is 29.4 Å². The summed E-state index contributed by atoms with van der Waals surface area (Å²) in [5.74, 6) is 1.53. The zero-order valence-corrected chi connectivity index (χ0v) is 12.9. The van der Waals surface area contributed by atoms with E-state index < -0.39 is 0 Å². The van der Waals surface area contributed by atoms with Crippen molar-refractivity contribution in [3.8, 4) is 0 Å². The predicted molar refractivity (Wildman–Crippen MR) is 81.8 cm³/mol. The average Bonchev–Trinajstić information content (AvgIpc) is 2.83. The third-order valence-corrected chi connectivity index (χ3v) is 3.59. The van der Waals surface area contributed by atoms with Crippen molar-refractivity contribution < 1.29 is 0 Å². The van der Waals surface area contributed by atoms with E-state index in [0.29, 0.717) is 5.92 Å². The highest BCUT2D eigenvalue weighted by atomic mass is 35.5. The van der Waals surface area contributed by atoms with E-state index in [1.807, 2.05) is 36.0 Å². The second-order valence-electron chi connectivity index (χ2n) is 5.32. The minimum atomic E-state index is 0.138. The molecule has 1 N–H and O–H groups in total. The van der Waals surface area contributed by atoms with Crippen molar-refractivity contribution >= 4 is 11.6 Å². The van der Waals surface area contributed by atoms with E-state index in [2.05, 4.69) is 29.2 Å². The van der Waals surface area contributed by atoms with Crippen LogP contribution in [0.5, 0.6) is 0 Å². The Morgan fingerprint density at radius 1 is 1.30 bits per heavy atom. The molecule has 1 aromatic heterocycles. The lowest BCUT2D eigenvalue weighted by atomic mass is 10.0. The average molecular weight is 293 g/mol. The quantitative estimate of drug-likeness (QED) is 0.890. The van der Waals surface area contributed by atoms with Gasteiger partial charge in [0.1, 0.15) is 12.2 Å². The largest absolute Gasteiger partial charge is 0.313 e. The maximum absolute atomic E-state index is 6.28. The highest BCUT2D eigenvalue weighted by Crippen LogP contribution is 2.24. The minimum absolute atomic E-state index is 0.138. The first-order valence-electron chi connectivity index (χ1n) is 6.90. The van der Waals surface area contributed by atoms with Crippen LogP contribution in [-0.4, -0.2) is 21.8 Å². The Labute approximate surface area is 125 Å². The Kier molecular flexibility index (Phi) is 5.15. The van der Waals surface area contributed by atoms with E-state index in [9.17, 15) is 0 Å². The lowest BCUT2D eigenvalue weighted by molar-refractivity contribution is 0.451. The lowest BCUT2D eigenvalue weighted by Crippen LogP contribution is -2.22. The first kappa shape index (κ1) is 15.0. The monoisotopic (exact) mass is 292 g/mol. The van der Waals surface area contributed by atoms with Gasteiger partial charge in [0.15, 0.2) is 0 Å². The van der Waals surface area contributed by atoms with Crippen molar-refractivity contribution in [2.24, 2.45) is 5.92 Å². The van der Waals surface area contributed by atoms with Gasteiger partial charge in [-0.05, 0) is 24.6 Å². The normalized spacial score (nSPS) is 12.8. The van der Waals surface area contributed by atoms with Crippen LogP contribution in [0.15, 0.2) is 30.6 Å². The highest BCUT2D eigenvalue weighted by Gasteiger charge is 2.16. The second kappa shape index (κ2) is 6.86.